The van der Waals surface area contributed by atoms with Gasteiger partial charge < -0.3 is 14.4 Å². The van der Waals surface area contributed by atoms with Gasteiger partial charge in [-0.25, -0.2) is 4.79 Å². The minimum absolute atomic E-state index is 0.000745. The number of pyridine rings is 1. The maximum Gasteiger partial charge on any atom is 0.392 e. The Labute approximate surface area is 138 Å². The summed E-state index contributed by atoms with van der Waals surface area (Å²) in [6.45, 7) is 3.67. The van der Waals surface area contributed by atoms with Crippen molar-refractivity contribution in [2.45, 2.75) is 26.4 Å². The SMILES string of the molecule is COC(=O)c1ccc(N2CCC(C(F)(F)F)C(C)(C)C2)nc1OC. The number of piperidine rings is 1. The number of carbonyl (C=O) groups is 1. The summed E-state index contributed by atoms with van der Waals surface area (Å²) in [4.78, 5) is 17.7. The maximum absolute atomic E-state index is 13.2. The first-order valence-electron chi connectivity index (χ1n) is 7.55. The number of halogens is 3. The molecule has 0 saturated carbocycles. The Kier molecular flexibility index (Phi) is 4.96. The number of esters is 1. The fraction of sp³-hybridized carbons (Fsp3) is 0.625. The third-order valence-electron chi connectivity index (χ3n) is 4.39. The summed E-state index contributed by atoms with van der Waals surface area (Å²) in [5.74, 6) is -1.36. The van der Waals surface area contributed by atoms with Crippen molar-refractivity contribution in [1.82, 2.24) is 4.98 Å². The Bertz CT molecular complexity index is 617. The van der Waals surface area contributed by atoms with Gasteiger partial charge in [0.1, 0.15) is 11.4 Å². The summed E-state index contributed by atoms with van der Waals surface area (Å²) in [6, 6.07) is 3.11. The molecule has 8 heteroatoms. The van der Waals surface area contributed by atoms with Gasteiger partial charge in [0.25, 0.3) is 0 Å². The maximum atomic E-state index is 13.2. The molecule has 1 fully saturated rings. The monoisotopic (exact) mass is 346 g/mol. The molecule has 1 aromatic heterocycles. The van der Waals surface area contributed by atoms with E-state index in [4.69, 9.17) is 4.74 Å². The van der Waals surface area contributed by atoms with E-state index >= 15 is 0 Å². The van der Waals surface area contributed by atoms with Crippen LogP contribution < -0.4 is 9.64 Å². The molecule has 2 rings (SSSR count). The molecule has 0 aliphatic carbocycles. The number of rotatable bonds is 3. The van der Waals surface area contributed by atoms with Crippen molar-refractivity contribution in [3.8, 4) is 5.88 Å². The second kappa shape index (κ2) is 6.49. The van der Waals surface area contributed by atoms with Gasteiger partial charge in [0.05, 0.1) is 20.1 Å². The van der Waals surface area contributed by atoms with E-state index in [9.17, 15) is 18.0 Å². The molecule has 24 heavy (non-hydrogen) atoms. The highest BCUT2D eigenvalue weighted by Crippen LogP contribution is 2.45. The van der Waals surface area contributed by atoms with Gasteiger partial charge in [-0.2, -0.15) is 18.2 Å². The summed E-state index contributed by atoms with van der Waals surface area (Å²) < 4.78 is 49.2. The first kappa shape index (κ1) is 18.4. The standard InChI is InChI=1S/C16H21F3N2O3/c1-15(2)9-21(8-7-11(15)16(17,18)19)12-6-5-10(14(22)24-4)13(20-12)23-3/h5-6,11H,7-9H2,1-4H3. The van der Waals surface area contributed by atoms with E-state index in [-0.39, 0.29) is 31.0 Å². The molecule has 0 radical (unpaired) electrons. The lowest BCUT2D eigenvalue weighted by atomic mass is 9.73. The van der Waals surface area contributed by atoms with E-state index in [2.05, 4.69) is 9.72 Å². The molecular weight excluding hydrogens is 325 g/mol. The summed E-state index contributed by atoms with van der Waals surface area (Å²) in [5, 5.41) is 0. The number of methoxy groups -OCH3 is 2. The molecule has 0 N–H and O–H groups in total. The van der Waals surface area contributed by atoms with Gasteiger partial charge in [-0.05, 0) is 24.0 Å². The molecule has 1 aliphatic heterocycles. The average Bonchev–Trinajstić information content (AvgIpc) is 2.51. The first-order chi connectivity index (χ1) is 11.1. The van der Waals surface area contributed by atoms with Crippen molar-refractivity contribution in [3.05, 3.63) is 17.7 Å². The smallest absolute Gasteiger partial charge is 0.392 e. The summed E-state index contributed by atoms with van der Waals surface area (Å²) in [7, 11) is 2.62. The van der Waals surface area contributed by atoms with Crippen molar-refractivity contribution in [2.24, 2.45) is 11.3 Å². The molecule has 1 aromatic rings. The number of carbonyl (C=O) groups excluding carboxylic acids is 1. The first-order valence-corrected chi connectivity index (χ1v) is 7.55. The summed E-state index contributed by atoms with van der Waals surface area (Å²) >= 11 is 0. The summed E-state index contributed by atoms with van der Waals surface area (Å²) in [6.07, 6.45) is -4.21. The summed E-state index contributed by atoms with van der Waals surface area (Å²) in [5.41, 5.74) is -0.764. The minimum atomic E-state index is -4.21. The van der Waals surface area contributed by atoms with Crippen LogP contribution in [0.15, 0.2) is 12.1 Å². The van der Waals surface area contributed by atoms with Crippen LogP contribution in [0.2, 0.25) is 0 Å². The topological polar surface area (TPSA) is 51.7 Å². The molecule has 1 atom stereocenters. The predicted octanol–water partition coefficient (Wildman–Crippen LogP) is 3.29. The van der Waals surface area contributed by atoms with Crippen molar-refractivity contribution < 1.29 is 27.4 Å². The van der Waals surface area contributed by atoms with Gasteiger partial charge in [0.2, 0.25) is 5.88 Å². The molecule has 134 valence electrons. The van der Waals surface area contributed by atoms with Gasteiger partial charge >= 0.3 is 12.1 Å². The van der Waals surface area contributed by atoms with Crippen molar-refractivity contribution >= 4 is 11.8 Å². The van der Waals surface area contributed by atoms with E-state index in [0.29, 0.717) is 5.82 Å². The molecule has 1 saturated heterocycles. The zero-order chi connectivity index (χ0) is 18.1. The van der Waals surface area contributed by atoms with Crippen LogP contribution in [0.3, 0.4) is 0 Å². The zero-order valence-electron chi connectivity index (χ0n) is 14.1. The molecule has 0 aromatic carbocycles. The molecule has 1 unspecified atom stereocenters. The van der Waals surface area contributed by atoms with Crippen molar-refractivity contribution in [3.63, 3.8) is 0 Å². The number of aromatic nitrogens is 1. The Morgan fingerprint density at radius 1 is 1.33 bits per heavy atom. The lowest BCUT2D eigenvalue weighted by molar-refractivity contribution is -0.206. The van der Waals surface area contributed by atoms with Gasteiger partial charge in [-0.15, -0.1) is 0 Å². The molecule has 5 nitrogen and oxygen atoms in total. The lowest BCUT2D eigenvalue weighted by Gasteiger charge is -2.45. The molecule has 2 heterocycles. The van der Waals surface area contributed by atoms with E-state index in [1.54, 1.807) is 24.8 Å². The number of hydrogen-bond acceptors (Lipinski definition) is 5. The van der Waals surface area contributed by atoms with Gasteiger partial charge in [0, 0.05) is 13.1 Å². The molecule has 1 aliphatic rings. The predicted molar refractivity (Wildman–Crippen MR) is 82.3 cm³/mol. The molecule has 0 amide bonds. The quantitative estimate of drug-likeness (QED) is 0.786. The molecule has 0 bridgehead atoms. The molecular formula is C16H21F3N2O3. The zero-order valence-corrected chi connectivity index (χ0v) is 14.1. The van der Waals surface area contributed by atoms with Gasteiger partial charge in [0.15, 0.2) is 0 Å². The van der Waals surface area contributed by atoms with Gasteiger partial charge in [-0.1, -0.05) is 13.8 Å². The Balaban J connectivity index is 2.26. The minimum Gasteiger partial charge on any atom is -0.480 e. The van der Waals surface area contributed by atoms with Crippen LogP contribution in [0.5, 0.6) is 5.88 Å². The third kappa shape index (κ3) is 3.57. The number of anilines is 1. The van der Waals surface area contributed by atoms with Crippen LogP contribution in [0.1, 0.15) is 30.6 Å². The largest absolute Gasteiger partial charge is 0.480 e. The number of alkyl halides is 3. The molecule has 0 spiro atoms. The normalized spacial score (nSPS) is 20.6. The van der Waals surface area contributed by atoms with E-state index in [1.807, 2.05) is 0 Å². The van der Waals surface area contributed by atoms with Crippen LogP contribution in [0.4, 0.5) is 19.0 Å². The van der Waals surface area contributed by atoms with Gasteiger partial charge in [-0.3, -0.25) is 0 Å². The fourth-order valence-corrected chi connectivity index (χ4v) is 3.19. The second-order valence-corrected chi connectivity index (χ2v) is 6.51. The number of nitrogens with zero attached hydrogens (tertiary/aromatic N) is 2. The highest BCUT2D eigenvalue weighted by atomic mass is 19.4. The van der Waals surface area contributed by atoms with Crippen LogP contribution in [-0.2, 0) is 4.74 Å². The van der Waals surface area contributed by atoms with Crippen molar-refractivity contribution in [2.75, 3.05) is 32.2 Å². The highest BCUT2D eigenvalue weighted by molar-refractivity contribution is 5.92. The highest BCUT2D eigenvalue weighted by Gasteiger charge is 2.51. The van der Waals surface area contributed by atoms with E-state index < -0.39 is 23.5 Å². The second-order valence-electron chi connectivity index (χ2n) is 6.51. The number of ether oxygens (including phenoxy) is 2. The Hall–Kier alpha value is -1.99. The Morgan fingerprint density at radius 3 is 2.50 bits per heavy atom. The van der Waals surface area contributed by atoms with Crippen molar-refractivity contribution in [1.29, 1.82) is 0 Å². The van der Waals surface area contributed by atoms with E-state index in [1.165, 1.54) is 20.3 Å². The van der Waals surface area contributed by atoms with Crippen LogP contribution in [0, 0.1) is 11.3 Å². The van der Waals surface area contributed by atoms with E-state index in [0.717, 1.165) is 0 Å². The fourth-order valence-electron chi connectivity index (χ4n) is 3.19. The lowest BCUT2D eigenvalue weighted by Crippen LogP contribution is -2.51. The van der Waals surface area contributed by atoms with Crippen LogP contribution in [0.25, 0.3) is 0 Å². The average molecular weight is 346 g/mol. The Morgan fingerprint density at radius 2 is 2.00 bits per heavy atom. The van der Waals surface area contributed by atoms with Crippen LogP contribution >= 0.6 is 0 Å². The van der Waals surface area contributed by atoms with Crippen LogP contribution in [-0.4, -0.2) is 44.4 Å². The number of hydrogen-bond donors (Lipinski definition) is 0. The third-order valence-corrected chi connectivity index (χ3v) is 4.39.